The highest BCUT2D eigenvalue weighted by atomic mass is 16.1. The number of benzene rings is 1. The lowest BCUT2D eigenvalue weighted by molar-refractivity contribution is 0.00653. The van der Waals surface area contributed by atoms with Crippen LogP contribution in [-0.2, 0) is 5.41 Å². The van der Waals surface area contributed by atoms with E-state index in [1.807, 2.05) is 0 Å². The van der Waals surface area contributed by atoms with Gasteiger partial charge in [0.15, 0.2) is 5.78 Å². The number of rotatable bonds is 2. The first-order valence-electron chi connectivity index (χ1n) is 8.61. The zero-order valence-corrected chi connectivity index (χ0v) is 14.0. The zero-order valence-electron chi connectivity index (χ0n) is 14.0. The van der Waals surface area contributed by atoms with Gasteiger partial charge in [-0.3, -0.25) is 4.79 Å². The van der Waals surface area contributed by atoms with E-state index in [0.717, 1.165) is 12.0 Å². The smallest absolute Gasteiger partial charge is 0.163 e. The monoisotopic (exact) mass is 284 g/mol. The van der Waals surface area contributed by atoms with Crippen LogP contribution >= 0.6 is 0 Å². The van der Waals surface area contributed by atoms with Crippen molar-refractivity contribution in [2.45, 2.75) is 71.6 Å². The van der Waals surface area contributed by atoms with Crippen molar-refractivity contribution < 1.29 is 4.79 Å². The largest absolute Gasteiger partial charge is 0.294 e. The SMILES string of the molecule is CCC1(CC)CCC[C@]2(C)c3ccc(C)cc3C(=O)C[C@@H]12. The van der Waals surface area contributed by atoms with E-state index in [1.54, 1.807) is 0 Å². The second-order valence-electron chi connectivity index (χ2n) is 7.57. The molecule has 0 heterocycles. The summed E-state index contributed by atoms with van der Waals surface area (Å²) < 4.78 is 0. The standard InChI is InChI=1S/C20H28O/c1-5-20(6-2)11-7-10-19(4)16-9-8-14(3)12-15(16)17(21)13-18(19)20/h8-9,12,18H,5-7,10-11,13H2,1-4H3/t18-,19-/m1/s1. The highest BCUT2D eigenvalue weighted by molar-refractivity contribution is 5.99. The van der Waals surface area contributed by atoms with E-state index < -0.39 is 0 Å². The van der Waals surface area contributed by atoms with Crippen molar-refractivity contribution in [3.8, 4) is 0 Å². The number of hydrogen-bond acceptors (Lipinski definition) is 1. The summed E-state index contributed by atoms with van der Waals surface area (Å²) in [5, 5.41) is 0. The third-order valence-corrected chi connectivity index (χ3v) is 6.77. The molecule has 0 spiro atoms. The molecular weight excluding hydrogens is 256 g/mol. The molecule has 0 N–H and O–H groups in total. The minimum atomic E-state index is 0.196. The van der Waals surface area contributed by atoms with E-state index in [4.69, 9.17) is 0 Å². The summed E-state index contributed by atoms with van der Waals surface area (Å²) in [5.41, 5.74) is 4.11. The lowest BCUT2D eigenvalue weighted by Gasteiger charge is -2.56. The third kappa shape index (κ3) is 2.00. The van der Waals surface area contributed by atoms with Crippen molar-refractivity contribution in [1.29, 1.82) is 0 Å². The van der Waals surface area contributed by atoms with Gasteiger partial charge in [-0.25, -0.2) is 0 Å². The maximum atomic E-state index is 12.8. The minimum absolute atomic E-state index is 0.196. The molecule has 1 saturated carbocycles. The van der Waals surface area contributed by atoms with Crippen LogP contribution in [0.15, 0.2) is 18.2 Å². The van der Waals surface area contributed by atoms with Crippen molar-refractivity contribution in [3.05, 3.63) is 34.9 Å². The van der Waals surface area contributed by atoms with Crippen LogP contribution in [-0.4, -0.2) is 5.78 Å². The maximum absolute atomic E-state index is 12.8. The van der Waals surface area contributed by atoms with Gasteiger partial charge in [0.05, 0.1) is 0 Å². The zero-order chi connectivity index (χ0) is 15.3. The fourth-order valence-electron chi connectivity index (χ4n) is 5.37. The Labute approximate surface area is 129 Å². The van der Waals surface area contributed by atoms with Gasteiger partial charge in [-0.2, -0.15) is 0 Å². The predicted molar refractivity (Wildman–Crippen MR) is 87.8 cm³/mol. The van der Waals surface area contributed by atoms with Gasteiger partial charge in [0.25, 0.3) is 0 Å². The van der Waals surface area contributed by atoms with Gasteiger partial charge >= 0.3 is 0 Å². The van der Waals surface area contributed by atoms with Crippen molar-refractivity contribution >= 4 is 5.78 Å². The Morgan fingerprint density at radius 3 is 2.57 bits per heavy atom. The Morgan fingerprint density at radius 2 is 1.90 bits per heavy atom. The van der Waals surface area contributed by atoms with Crippen molar-refractivity contribution in [2.75, 3.05) is 0 Å². The molecule has 1 nitrogen and oxygen atoms in total. The number of aryl methyl sites for hydroxylation is 1. The topological polar surface area (TPSA) is 17.1 Å². The van der Waals surface area contributed by atoms with Gasteiger partial charge in [0.2, 0.25) is 0 Å². The molecule has 114 valence electrons. The van der Waals surface area contributed by atoms with E-state index in [0.29, 0.717) is 17.1 Å². The van der Waals surface area contributed by atoms with Crippen LogP contribution in [0.1, 0.15) is 80.8 Å². The molecule has 0 aromatic heterocycles. The van der Waals surface area contributed by atoms with Crippen molar-refractivity contribution in [3.63, 3.8) is 0 Å². The molecule has 1 heteroatoms. The van der Waals surface area contributed by atoms with Crippen molar-refractivity contribution in [1.82, 2.24) is 0 Å². The first-order valence-corrected chi connectivity index (χ1v) is 8.61. The Bertz CT molecular complexity index is 567. The van der Waals surface area contributed by atoms with Crippen LogP contribution in [0.2, 0.25) is 0 Å². The summed E-state index contributed by atoms with van der Waals surface area (Å²) in [6.07, 6.45) is 7.01. The second-order valence-corrected chi connectivity index (χ2v) is 7.57. The summed E-state index contributed by atoms with van der Waals surface area (Å²) in [6.45, 7) is 9.16. The number of Topliss-reactive ketones (excluding diaryl/α,β-unsaturated/α-hetero) is 1. The summed E-state index contributed by atoms with van der Waals surface area (Å²) in [4.78, 5) is 12.8. The molecular formula is C20H28O. The minimum Gasteiger partial charge on any atom is -0.294 e. The Kier molecular flexibility index (Phi) is 3.50. The molecule has 0 aliphatic heterocycles. The number of fused-ring (bicyclic) bond motifs is 3. The molecule has 2 atom stereocenters. The summed E-state index contributed by atoms with van der Waals surface area (Å²) in [5.74, 6) is 0.904. The average Bonchev–Trinajstić information content (AvgIpc) is 2.48. The molecule has 2 aliphatic carbocycles. The van der Waals surface area contributed by atoms with Crippen LogP contribution in [0.5, 0.6) is 0 Å². The van der Waals surface area contributed by atoms with E-state index in [9.17, 15) is 4.79 Å². The Morgan fingerprint density at radius 1 is 1.19 bits per heavy atom. The lowest BCUT2D eigenvalue weighted by atomic mass is 9.48. The second kappa shape index (κ2) is 4.97. The first kappa shape index (κ1) is 14.8. The number of ketones is 1. The normalized spacial score (nSPS) is 30.7. The van der Waals surface area contributed by atoms with Gasteiger partial charge in [-0.15, -0.1) is 0 Å². The summed E-state index contributed by atoms with van der Waals surface area (Å²) in [6, 6.07) is 6.55. The van der Waals surface area contributed by atoms with E-state index in [2.05, 4.69) is 45.9 Å². The molecule has 0 saturated heterocycles. The van der Waals surface area contributed by atoms with Gasteiger partial charge in [0.1, 0.15) is 0 Å². The Balaban J connectivity index is 2.17. The molecule has 21 heavy (non-hydrogen) atoms. The molecule has 0 bridgehead atoms. The van der Waals surface area contributed by atoms with Gasteiger partial charge in [-0.05, 0) is 48.1 Å². The Hall–Kier alpha value is -1.11. The van der Waals surface area contributed by atoms with Crippen LogP contribution < -0.4 is 0 Å². The number of hydrogen-bond donors (Lipinski definition) is 0. The van der Waals surface area contributed by atoms with Crippen LogP contribution in [0, 0.1) is 18.3 Å². The quantitative estimate of drug-likeness (QED) is 0.706. The highest BCUT2D eigenvalue weighted by Gasteiger charge is 2.53. The molecule has 1 aromatic carbocycles. The molecule has 0 amide bonds. The first-order chi connectivity index (χ1) is 9.97. The highest BCUT2D eigenvalue weighted by Crippen LogP contribution is 2.59. The fourth-order valence-corrected chi connectivity index (χ4v) is 5.37. The van der Waals surface area contributed by atoms with E-state index >= 15 is 0 Å². The molecule has 3 rings (SSSR count). The van der Waals surface area contributed by atoms with Crippen LogP contribution in [0.4, 0.5) is 0 Å². The van der Waals surface area contributed by atoms with E-state index in [1.165, 1.54) is 43.2 Å². The summed E-state index contributed by atoms with van der Waals surface area (Å²) in [7, 11) is 0. The van der Waals surface area contributed by atoms with Gasteiger partial charge in [0, 0.05) is 12.0 Å². The molecule has 1 fully saturated rings. The maximum Gasteiger partial charge on any atom is 0.163 e. The lowest BCUT2D eigenvalue weighted by Crippen LogP contribution is -2.51. The van der Waals surface area contributed by atoms with Crippen LogP contribution in [0.3, 0.4) is 0 Å². The number of carbonyl (C=O) groups is 1. The van der Waals surface area contributed by atoms with Crippen molar-refractivity contribution in [2.24, 2.45) is 11.3 Å². The fraction of sp³-hybridized carbons (Fsp3) is 0.650. The predicted octanol–water partition coefficient (Wildman–Crippen LogP) is 5.45. The number of carbonyl (C=O) groups excluding carboxylic acids is 1. The van der Waals surface area contributed by atoms with Gasteiger partial charge in [-0.1, -0.05) is 57.7 Å². The van der Waals surface area contributed by atoms with Crippen LogP contribution in [0.25, 0.3) is 0 Å². The molecule has 0 radical (unpaired) electrons. The summed E-state index contributed by atoms with van der Waals surface area (Å²) >= 11 is 0. The average molecular weight is 284 g/mol. The van der Waals surface area contributed by atoms with E-state index in [-0.39, 0.29) is 5.41 Å². The molecule has 2 aliphatic rings. The van der Waals surface area contributed by atoms with Gasteiger partial charge < -0.3 is 0 Å². The molecule has 0 unspecified atom stereocenters. The molecule has 1 aromatic rings. The third-order valence-electron chi connectivity index (χ3n) is 6.77.